The Morgan fingerprint density at radius 3 is 2.67 bits per heavy atom. The Hall–Kier alpha value is -3.33. The van der Waals surface area contributed by atoms with Crippen LogP contribution in [0.5, 0.6) is 0 Å². The molecule has 5 nitrogen and oxygen atoms in total. The van der Waals surface area contributed by atoms with Gasteiger partial charge in [0.05, 0.1) is 18.1 Å². The molecule has 1 unspecified atom stereocenters. The van der Waals surface area contributed by atoms with E-state index in [0.29, 0.717) is 24.1 Å². The third-order valence-electron chi connectivity index (χ3n) is 5.84. The topological polar surface area (TPSA) is 50.8 Å². The van der Waals surface area contributed by atoms with Gasteiger partial charge in [0.2, 0.25) is 0 Å². The van der Waals surface area contributed by atoms with Gasteiger partial charge in [0.1, 0.15) is 11.0 Å². The van der Waals surface area contributed by atoms with Crippen molar-refractivity contribution in [1.82, 2.24) is 14.3 Å². The number of rotatable bonds is 3. The van der Waals surface area contributed by atoms with Crippen LogP contribution < -0.4 is 0 Å². The molecular formula is C23H16ClF4N3O2. The van der Waals surface area contributed by atoms with Crippen molar-refractivity contribution in [2.45, 2.75) is 18.5 Å². The summed E-state index contributed by atoms with van der Waals surface area (Å²) in [6.07, 6.45) is -0.161. The van der Waals surface area contributed by atoms with Gasteiger partial charge < -0.3 is 9.32 Å². The number of carbonyl (C=O) groups excluding carboxylic acids is 1. The summed E-state index contributed by atoms with van der Waals surface area (Å²) in [5, 5.41) is -0.222. The fraction of sp³-hybridized carbons (Fsp3) is 0.217. The first-order chi connectivity index (χ1) is 15.7. The first-order valence-corrected chi connectivity index (χ1v) is 10.5. The molecule has 1 atom stereocenters. The van der Waals surface area contributed by atoms with E-state index in [2.05, 4.69) is 4.98 Å². The largest absolute Gasteiger partial charge is 0.472 e. The van der Waals surface area contributed by atoms with E-state index in [1.54, 1.807) is 18.2 Å². The molecular weight excluding hydrogens is 462 g/mol. The highest BCUT2D eigenvalue weighted by atomic mass is 35.5. The maximum Gasteiger partial charge on any atom is 0.420 e. The number of carbonyl (C=O) groups is 1. The number of furan rings is 1. The van der Waals surface area contributed by atoms with Crippen LogP contribution in [0.2, 0.25) is 5.15 Å². The fourth-order valence-electron chi connectivity index (χ4n) is 4.20. The van der Waals surface area contributed by atoms with E-state index in [-0.39, 0.29) is 34.7 Å². The Morgan fingerprint density at radius 1 is 1.18 bits per heavy atom. The molecule has 5 rings (SSSR count). The Labute approximate surface area is 190 Å². The van der Waals surface area contributed by atoms with Crippen molar-refractivity contribution in [2.24, 2.45) is 0 Å². The van der Waals surface area contributed by atoms with Crippen molar-refractivity contribution in [3.63, 3.8) is 0 Å². The van der Waals surface area contributed by atoms with Gasteiger partial charge in [0, 0.05) is 36.3 Å². The molecule has 0 bridgehead atoms. The van der Waals surface area contributed by atoms with Crippen molar-refractivity contribution in [3.05, 3.63) is 82.9 Å². The molecule has 1 saturated heterocycles. The zero-order chi connectivity index (χ0) is 23.3. The van der Waals surface area contributed by atoms with Crippen LogP contribution in [0, 0.1) is 5.82 Å². The molecule has 33 heavy (non-hydrogen) atoms. The predicted octanol–water partition coefficient (Wildman–Crippen LogP) is 6.04. The van der Waals surface area contributed by atoms with Crippen LogP contribution in [0.15, 0.2) is 59.5 Å². The van der Waals surface area contributed by atoms with Gasteiger partial charge >= 0.3 is 6.18 Å². The summed E-state index contributed by atoms with van der Waals surface area (Å²) in [5.41, 5.74) is -0.630. The van der Waals surface area contributed by atoms with Crippen molar-refractivity contribution < 1.29 is 26.8 Å². The van der Waals surface area contributed by atoms with Gasteiger partial charge in [-0.1, -0.05) is 29.8 Å². The van der Waals surface area contributed by atoms with Crippen LogP contribution in [-0.4, -0.2) is 33.3 Å². The van der Waals surface area contributed by atoms with Crippen LogP contribution in [0.25, 0.3) is 16.8 Å². The molecule has 1 aliphatic heterocycles. The van der Waals surface area contributed by atoms with Crippen LogP contribution >= 0.6 is 11.6 Å². The van der Waals surface area contributed by atoms with Crippen molar-refractivity contribution in [3.8, 4) is 11.1 Å². The number of nitrogens with zero attached hydrogens (tertiary/aromatic N) is 3. The lowest BCUT2D eigenvalue weighted by atomic mass is 9.98. The summed E-state index contributed by atoms with van der Waals surface area (Å²) in [6.45, 7) is 0.533. The van der Waals surface area contributed by atoms with E-state index in [0.717, 1.165) is 10.5 Å². The zero-order valence-electron chi connectivity index (χ0n) is 16.9. The smallest absolute Gasteiger partial charge is 0.420 e. The summed E-state index contributed by atoms with van der Waals surface area (Å²) in [4.78, 5) is 18.6. The highest BCUT2D eigenvalue weighted by Gasteiger charge is 2.37. The highest BCUT2D eigenvalue weighted by molar-refractivity contribution is 6.33. The lowest BCUT2D eigenvalue weighted by Crippen LogP contribution is -2.29. The van der Waals surface area contributed by atoms with Gasteiger partial charge in [-0.15, -0.1) is 0 Å². The second kappa shape index (κ2) is 7.91. The second-order valence-corrected chi connectivity index (χ2v) is 8.21. The Balaban J connectivity index is 1.53. The van der Waals surface area contributed by atoms with E-state index in [1.807, 2.05) is 0 Å². The van der Waals surface area contributed by atoms with E-state index in [9.17, 15) is 22.4 Å². The fourth-order valence-corrected chi connectivity index (χ4v) is 4.45. The quantitative estimate of drug-likeness (QED) is 0.338. The molecule has 0 aliphatic carbocycles. The van der Waals surface area contributed by atoms with Crippen LogP contribution in [0.3, 0.4) is 0 Å². The SMILES string of the molecule is O=C(c1nc2c(C(F)(F)F)cc(-c3ccoc3)cn2c1Cl)N1CCC(c2ccccc2F)C1. The monoisotopic (exact) mass is 477 g/mol. The van der Waals surface area contributed by atoms with Crippen LogP contribution in [-0.2, 0) is 6.18 Å². The maximum absolute atomic E-state index is 14.2. The van der Waals surface area contributed by atoms with E-state index >= 15 is 0 Å². The number of hydrogen-bond donors (Lipinski definition) is 0. The summed E-state index contributed by atoms with van der Waals surface area (Å²) in [7, 11) is 0. The molecule has 0 spiro atoms. The summed E-state index contributed by atoms with van der Waals surface area (Å²) >= 11 is 6.37. The average Bonchev–Trinajstić information content (AvgIpc) is 3.53. The molecule has 10 heteroatoms. The molecule has 170 valence electrons. The highest BCUT2D eigenvalue weighted by Crippen LogP contribution is 2.38. The molecule has 1 amide bonds. The van der Waals surface area contributed by atoms with Gasteiger partial charge in [-0.3, -0.25) is 9.20 Å². The first kappa shape index (κ1) is 21.5. The number of fused-ring (bicyclic) bond motifs is 1. The van der Waals surface area contributed by atoms with E-state index in [1.165, 1.54) is 35.8 Å². The molecule has 0 N–H and O–H groups in total. The van der Waals surface area contributed by atoms with Gasteiger partial charge in [0.25, 0.3) is 5.91 Å². The summed E-state index contributed by atoms with van der Waals surface area (Å²) in [6, 6.07) is 8.79. The average molecular weight is 478 g/mol. The standard InChI is InChI=1S/C23H16ClF4N3O2/c24-20-19(22(32)30-7-5-13(10-30)16-3-1-2-4-18(16)25)29-21-17(23(26,27)28)9-15(11-31(20)21)14-6-8-33-12-14/h1-4,6,8-9,11-13H,5,7,10H2. The van der Waals surface area contributed by atoms with Gasteiger partial charge in [-0.05, 0) is 30.2 Å². The molecule has 4 heterocycles. The van der Waals surface area contributed by atoms with Crippen LogP contribution in [0.4, 0.5) is 17.6 Å². The van der Waals surface area contributed by atoms with E-state index in [4.69, 9.17) is 16.0 Å². The Morgan fingerprint density at radius 2 is 1.97 bits per heavy atom. The van der Waals surface area contributed by atoms with E-state index < -0.39 is 23.3 Å². The van der Waals surface area contributed by atoms with Gasteiger partial charge in [-0.25, -0.2) is 9.37 Å². The molecule has 3 aromatic heterocycles. The third-order valence-corrected chi connectivity index (χ3v) is 6.21. The van der Waals surface area contributed by atoms with Crippen molar-refractivity contribution >= 4 is 23.2 Å². The Kier molecular flexibility index (Phi) is 5.16. The normalized spacial score (nSPS) is 16.6. The minimum atomic E-state index is -4.72. The molecule has 0 radical (unpaired) electrons. The van der Waals surface area contributed by atoms with Crippen molar-refractivity contribution in [1.29, 1.82) is 0 Å². The van der Waals surface area contributed by atoms with Crippen molar-refractivity contribution in [2.75, 3.05) is 13.1 Å². The van der Waals surface area contributed by atoms with Crippen LogP contribution in [0.1, 0.15) is 34.0 Å². The molecule has 1 fully saturated rings. The number of aromatic nitrogens is 2. The lowest BCUT2D eigenvalue weighted by Gasteiger charge is -2.16. The molecule has 0 saturated carbocycles. The number of likely N-dealkylation sites (tertiary alicyclic amines) is 1. The summed E-state index contributed by atoms with van der Waals surface area (Å²) in [5.74, 6) is -1.17. The summed E-state index contributed by atoms with van der Waals surface area (Å²) < 4.78 is 61.6. The first-order valence-electron chi connectivity index (χ1n) is 10.1. The molecule has 1 aliphatic rings. The molecule has 4 aromatic rings. The number of imidazole rings is 1. The minimum absolute atomic E-state index is 0.211. The number of hydrogen-bond acceptors (Lipinski definition) is 3. The Bertz CT molecular complexity index is 1350. The number of amides is 1. The zero-order valence-corrected chi connectivity index (χ0v) is 17.7. The lowest BCUT2D eigenvalue weighted by molar-refractivity contribution is -0.136. The number of alkyl halides is 3. The maximum atomic E-state index is 14.2. The minimum Gasteiger partial charge on any atom is -0.472 e. The number of benzene rings is 1. The molecule has 1 aromatic carbocycles. The predicted molar refractivity (Wildman–Crippen MR) is 113 cm³/mol. The third kappa shape index (κ3) is 3.76. The number of halogens is 5. The second-order valence-electron chi connectivity index (χ2n) is 7.86. The number of pyridine rings is 1. The van der Waals surface area contributed by atoms with Gasteiger partial charge in [0.15, 0.2) is 11.3 Å². The van der Waals surface area contributed by atoms with Gasteiger partial charge in [-0.2, -0.15) is 13.2 Å².